The lowest BCUT2D eigenvalue weighted by molar-refractivity contribution is 0.0699. The number of nitrogen functional groups attached to an aromatic ring is 1. The van der Waals surface area contributed by atoms with Gasteiger partial charge in [0.15, 0.2) is 0 Å². The number of carboxylic acid groups (broad SMARTS) is 1. The number of hydrogen-bond acceptors (Lipinski definition) is 3. The summed E-state index contributed by atoms with van der Waals surface area (Å²) in [7, 11) is 0. The fourth-order valence-corrected chi connectivity index (χ4v) is 2.51. The maximum absolute atomic E-state index is 13.3. The number of thiophene rings is 1. The molecule has 88 valence electrons. The second-order valence-electron chi connectivity index (χ2n) is 3.33. The summed E-state index contributed by atoms with van der Waals surface area (Å²) in [5.41, 5.74) is 6.18. The summed E-state index contributed by atoms with van der Waals surface area (Å²) in [5.74, 6) is -1.72. The third-order valence-corrected chi connectivity index (χ3v) is 3.57. The fourth-order valence-electron chi connectivity index (χ4n) is 1.44. The molecule has 0 aliphatic heterocycles. The average Bonchev–Trinajstić information content (AvgIpc) is 2.64. The number of hydrogen-bond donors (Lipinski definition) is 2. The first-order chi connectivity index (χ1) is 8.00. The highest BCUT2D eigenvalue weighted by atomic mass is 35.5. The van der Waals surface area contributed by atoms with E-state index in [2.05, 4.69) is 0 Å². The standard InChI is InChI=1S/C11H7ClFNO2S/c12-6-2-1-5(3-7(6)13)10-9(11(15)16)8(14)4-17-10/h1-4H,14H2,(H,15,16). The molecule has 0 unspecified atom stereocenters. The zero-order chi connectivity index (χ0) is 12.6. The molecule has 0 saturated carbocycles. The van der Waals surface area contributed by atoms with Crippen molar-refractivity contribution >= 4 is 34.6 Å². The summed E-state index contributed by atoms with van der Waals surface area (Å²) >= 11 is 6.72. The molecule has 0 saturated heterocycles. The number of halogens is 2. The van der Waals surface area contributed by atoms with Crippen LogP contribution in [0.4, 0.5) is 10.1 Å². The van der Waals surface area contributed by atoms with Crippen LogP contribution in [0.25, 0.3) is 10.4 Å². The molecule has 1 aromatic carbocycles. The normalized spacial score (nSPS) is 10.5. The van der Waals surface area contributed by atoms with Crippen molar-refractivity contribution in [3.8, 4) is 10.4 Å². The molecule has 6 heteroatoms. The van der Waals surface area contributed by atoms with Crippen LogP contribution in [0.3, 0.4) is 0 Å². The predicted octanol–water partition coefficient (Wildman–Crippen LogP) is 3.49. The van der Waals surface area contributed by atoms with Crippen LogP contribution in [0.15, 0.2) is 23.6 Å². The van der Waals surface area contributed by atoms with E-state index >= 15 is 0 Å². The van der Waals surface area contributed by atoms with E-state index in [4.69, 9.17) is 22.4 Å². The van der Waals surface area contributed by atoms with Gasteiger partial charge < -0.3 is 10.8 Å². The number of carboxylic acids is 1. The van der Waals surface area contributed by atoms with Gasteiger partial charge in [-0.25, -0.2) is 9.18 Å². The molecule has 2 rings (SSSR count). The van der Waals surface area contributed by atoms with Crippen LogP contribution in [-0.4, -0.2) is 11.1 Å². The summed E-state index contributed by atoms with van der Waals surface area (Å²) in [6, 6.07) is 4.14. The van der Waals surface area contributed by atoms with E-state index in [1.165, 1.54) is 17.5 Å². The lowest BCUT2D eigenvalue weighted by Gasteiger charge is -2.02. The molecule has 1 aromatic heterocycles. The third-order valence-electron chi connectivity index (χ3n) is 2.22. The van der Waals surface area contributed by atoms with Crippen LogP contribution in [0.1, 0.15) is 10.4 Å². The lowest BCUT2D eigenvalue weighted by Crippen LogP contribution is -2.00. The summed E-state index contributed by atoms with van der Waals surface area (Å²) in [5, 5.41) is 10.5. The summed E-state index contributed by atoms with van der Waals surface area (Å²) in [6.45, 7) is 0. The number of benzene rings is 1. The van der Waals surface area contributed by atoms with E-state index in [1.807, 2.05) is 0 Å². The quantitative estimate of drug-likeness (QED) is 0.879. The van der Waals surface area contributed by atoms with Gasteiger partial charge in [-0.3, -0.25) is 0 Å². The molecule has 3 nitrogen and oxygen atoms in total. The van der Waals surface area contributed by atoms with Crippen LogP contribution < -0.4 is 5.73 Å². The molecule has 0 fully saturated rings. The zero-order valence-electron chi connectivity index (χ0n) is 8.41. The number of carbonyl (C=O) groups is 1. The Kier molecular flexibility index (Phi) is 3.04. The molecule has 17 heavy (non-hydrogen) atoms. The van der Waals surface area contributed by atoms with Gasteiger partial charge in [0.05, 0.1) is 15.6 Å². The number of rotatable bonds is 2. The minimum Gasteiger partial charge on any atom is -0.478 e. The molecule has 2 aromatic rings. The van der Waals surface area contributed by atoms with Gasteiger partial charge in [-0.15, -0.1) is 11.3 Å². The van der Waals surface area contributed by atoms with Crippen LogP contribution in [0.5, 0.6) is 0 Å². The van der Waals surface area contributed by atoms with Gasteiger partial charge >= 0.3 is 5.97 Å². The second kappa shape index (κ2) is 4.35. The maximum Gasteiger partial charge on any atom is 0.339 e. The van der Waals surface area contributed by atoms with Crippen LogP contribution in [0.2, 0.25) is 5.02 Å². The molecule has 0 amide bonds. The van der Waals surface area contributed by atoms with Gasteiger partial charge in [-0.1, -0.05) is 17.7 Å². The average molecular weight is 272 g/mol. The Morgan fingerprint density at radius 3 is 2.76 bits per heavy atom. The first-order valence-electron chi connectivity index (χ1n) is 4.56. The Morgan fingerprint density at radius 2 is 2.18 bits per heavy atom. The van der Waals surface area contributed by atoms with Crippen molar-refractivity contribution in [1.82, 2.24) is 0 Å². The van der Waals surface area contributed by atoms with E-state index in [9.17, 15) is 9.18 Å². The van der Waals surface area contributed by atoms with Crippen LogP contribution >= 0.6 is 22.9 Å². The second-order valence-corrected chi connectivity index (χ2v) is 4.62. The Hall–Kier alpha value is -1.59. The molecule has 3 N–H and O–H groups in total. The molecular formula is C11H7ClFNO2S. The molecule has 0 radical (unpaired) electrons. The van der Waals surface area contributed by atoms with Crippen molar-refractivity contribution < 1.29 is 14.3 Å². The third kappa shape index (κ3) is 2.11. The largest absolute Gasteiger partial charge is 0.478 e. The molecular weight excluding hydrogens is 265 g/mol. The monoisotopic (exact) mass is 271 g/mol. The van der Waals surface area contributed by atoms with Crippen molar-refractivity contribution in [1.29, 1.82) is 0 Å². The van der Waals surface area contributed by atoms with Crippen LogP contribution in [0, 0.1) is 5.82 Å². The topological polar surface area (TPSA) is 63.3 Å². The maximum atomic E-state index is 13.3. The number of anilines is 1. The van der Waals surface area contributed by atoms with Gasteiger partial charge in [0.25, 0.3) is 0 Å². The van der Waals surface area contributed by atoms with Crippen molar-refractivity contribution in [3.05, 3.63) is 40.0 Å². The Balaban J connectivity index is 2.60. The highest BCUT2D eigenvalue weighted by Crippen LogP contribution is 2.35. The van der Waals surface area contributed by atoms with Gasteiger partial charge in [0.1, 0.15) is 11.4 Å². The minimum atomic E-state index is -1.13. The molecule has 0 aliphatic rings. The minimum absolute atomic E-state index is 0.00303. The molecule has 0 spiro atoms. The number of nitrogens with two attached hydrogens (primary N) is 1. The van der Waals surface area contributed by atoms with E-state index in [-0.39, 0.29) is 16.3 Å². The summed E-state index contributed by atoms with van der Waals surface area (Å²) in [4.78, 5) is 11.5. The Labute approximate surface area is 105 Å². The molecule has 0 atom stereocenters. The summed E-state index contributed by atoms with van der Waals surface area (Å²) < 4.78 is 13.3. The van der Waals surface area contributed by atoms with E-state index in [0.29, 0.717) is 10.4 Å². The highest BCUT2D eigenvalue weighted by molar-refractivity contribution is 7.14. The smallest absolute Gasteiger partial charge is 0.339 e. The predicted molar refractivity (Wildman–Crippen MR) is 66.1 cm³/mol. The number of aromatic carboxylic acids is 1. The van der Waals surface area contributed by atoms with Crippen molar-refractivity contribution in [2.24, 2.45) is 0 Å². The van der Waals surface area contributed by atoms with Crippen molar-refractivity contribution in [2.75, 3.05) is 5.73 Å². The zero-order valence-corrected chi connectivity index (χ0v) is 9.98. The van der Waals surface area contributed by atoms with Gasteiger partial charge in [0.2, 0.25) is 0 Å². The SMILES string of the molecule is Nc1csc(-c2ccc(Cl)c(F)c2)c1C(=O)O. The first-order valence-corrected chi connectivity index (χ1v) is 5.82. The van der Waals surface area contributed by atoms with E-state index in [1.54, 1.807) is 6.07 Å². The highest BCUT2D eigenvalue weighted by Gasteiger charge is 2.18. The fraction of sp³-hybridized carbons (Fsp3) is 0. The van der Waals surface area contributed by atoms with Crippen molar-refractivity contribution in [3.63, 3.8) is 0 Å². The molecule has 1 heterocycles. The first kappa shape index (κ1) is 11.9. The van der Waals surface area contributed by atoms with E-state index in [0.717, 1.165) is 11.3 Å². The van der Waals surface area contributed by atoms with Gasteiger partial charge in [0, 0.05) is 5.38 Å². The van der Waals surface area contributed by atoms with Gasteiger partial charge in [-0.2, -0.15) is 0 Å². The van der Waals surface area contributed by atoms with Gasteiger partial charge in [-0.05, 0) is 17.7 Å². The molecule has 0 aliphatic carbocycles. The van der Waals surface area contributed by atoms with Crippen molar-refractivity contribution in [2.45, 2.75) is 0 Å². The Bertz CT molecular complexity index is 597. The molecule has 0 bridgehead atoms. The summed E-state index contributed by atoms with van der Waals surface area (Å²) in [6.07, 6.45) is 0. The van der Waals surface area contributed by atoms with Crippen LogP contribution in [-0.2, 0) is 0 Å². The Morgan fingerprint density at radius 1 is 1.47 bits per heavy atom. The van der Waals surface area contributed by atoms with E-state index < -0.39 is 11.8 Å². The lowest BCUT2D eigenvalue weighted by atomic mass is 10.1.